The summed E-state index contributed by atoms with van der Waals surface area (Å²) in [5.74, 6) is 3.35. The second-order valence-corrected chi connectivity index (χ2v) is 1.92. The first-order chi connectivity index (χ1) is 5.80. The molecule has 0 radical (unpaired) electrons. The Morgan fingerprint density at radius 2 is 1.75 bits per heavy atom. The van der Waals surface area contributed by atoms with Crippen LogP contribution in [0.1, 0.15) is 5.82 Å². The number of nitrogens with zero attached hydrogens (tertiary/aromatic N) is 2. The molecule has 1 aromatic rings. The highest BCUT2D eigenvalue weighted by Gasteiger charge is 2.01. The van der Waals surface area contributed by atoms with E-state index in [1.54, 1.807) is 6.07 Å². The minimum Gasteiger partial charge on any atom is -0.481 e. The van der Waals surface area contributed by atoms with Crippen LogP contribution < -0.4 is 9.47 Å². The monoisotopic (exact) mass is 164 g/mol. The summed E-state index contributed by atoms with van der Waals surface area (Å²) in [6.07, 6.45) is 5.11. The van der Waals surface area contributed by atoms with Gasteiger partial charge in [0.2, 0.25) is 17.6 Å². The summed E-state index contributed by atoms with van der Waals surface area (Å²) in [5.41, 5.74) is 0. The number of ether oxygens (including phenoxy) is 2. The summed E-state index contributed by atoms with van der Waals surface area (Å²) < 4.78 is 9.75. The first-order valence-electron chi connectivity index (χ1n) is 3.24. The molecule has 1 rings (SSSR count). The van der Waals surface area contributed by atoms with Crippen LogP contribution >= 0.6 is 0 Å². The second-order valence-electron chi connectivity index (χ2n) is 1.92. The highest BCUT2D eigenvalue weighted by atomic mass is 16.5. The molecule has 0 N–H and O–H groups in total. The molecule has 1 aromatic heterocycles. The van der Waals surface area contributed by atoms with Crippen molar-refractivity contribution in [2.75, 3.05) is 14.2 Å². The van der Waals surface area contributed by atoms with Gasteiger partial charge < -0.3 is 9.47 Å². The van der Waals surface area contributed by atoms with Gasteiger partial charge in [-0.3, -0.25) is 0 Å². The molecule has 0 saturated carbocycles. The van der Waals surface area contributed by atoms with E-state index >= 15 is 0 Å². The van der Waals surface area contributed by atoms with Gasteiger partial charge in [-0.05, 0) is 5.92 Å². The Morgan fingerprint density at radius 3 is 2.08 bits per heavy atom. The molecular formula is C8H8N2O2. The van der Waals surface area contributed by atoms with E-state index in [1.165, 1.54) is 14.2 Å². The van der Waals surface area contributed by atoms with Crippen molar-refractivity contribution >= 4 is 0 Å². The Hall–Kier alpha value is -1.76. The van der Waals surface area contributed by atoms with Crippen molar-refractivity contribution in [2.24, 2.45) is 0 Å². The molecule has 0 spiro atoms. The van der Waals surface area contributed by atoms with E-state index in [0.29, 0.717) is 11.8 Å². The lowest BCUT2D eigenvalue weighted by molar-refractivity contribution is 0.371. The van der Waals surface area contributed by atoms with Gasteiger partial charge >= 0.3 is 0 Å². The van der Waals surface area contributed by atoms with Crippen LogP contribution in [0.4, 0.5) is 0 Å². The fourth-order valence-corrected chi connectivity index (χ4v) is 0.678. The molecule has 1 heterocycles. The lowest BCUT2D eigenvalue weighted by atomic mass is 10.5. The number of methoxy groups -OCH3 is 2. The van der Waals surface area contributed by atoms with Gasteiger partial charge in [-0.15, -0.1) is 6.42 Å². The number of hydrogen-bond donors (Lipinski definition) is 0. The zero-order valence-corrected chi connectivity index (χ0v) is 6.87. The third-order valence-electron chi connectivity index (χ3n) is 1.23. The highest BCUT2D eigenvalue weighted by molar-refractivity contribution is 5.27. The van der Waals surface area contributed by atoms with Crippen molar-refractivity contribution in [1.82, 2.24) is 9.97 Å². The van der Waals surface area contributed by atoms with Gasteiger partial charge in [0, 0.05) is 0 Å². The molecule has 4 nitrogen and oxygen atoms in total. The Balaban J connectivity index is 3.12. The smallest absolute Gasteiger partial charge is 0.221 e. The summed E-state index contributed by atoms with van der Waals surface area (Å²) in [5, 5.41) is 0. The largest absolute Gasteiger partial charge is 0.481 e. The molecule has 0 aromatic carbocycles. The van der Waals surface area contributed by atoms with Crippen molar-refractivity contribution in [3.8, 4) is 24.1 Å². The average molecular weight is 164 g/mol. The Labute approximate surface area is 70.6 Å². The zero-order valence-electron chi connectivity index (χ0n) is 6.87. The van der Waals surface area contributed by atoms with Crippen LogP contribution in [0.15, 0.2) is 6.07 Å². The Kier molecular flexibility index (Phi) is 2.49. The maximum Gasteiger partial charge on any atom is 0.221 e. The highest BCUT2D eigenvalue weighted by Crippen LogP contribution is 2.13. The molecule has 0 aliphatic carbocycles. The van der Waals surface area contributed by atoms with Crippen LogP contribution in [0, 0.1) is 12.3 Å². The van der Waals surface area contributed by atoms with E-state index in [0.717, 1.165) is 0 Å². The molecule has 62 valence electrons. The van der Waals surface area contributed by atoms with E-state index in [1.807, 2.05) is 0 Å². The third-order valence-corrected chi connectivity index (χ3v) is 1.23. The molecule has 0 bridgehead atoms. The lowest BCUT2D eigenvalue weighted by Gasteiger charge is -2.01. The number of aromatic nitrogens is 2. The number of rotatable bonds is 2. The summed E-state index contributed by atoms with van der Waals surface area (Å²) in [6.45, 7) is 0. The van der Waals surface area contributed by atoms with Gasteiger partial charge in [0.05, 0.1) is 20.3 Å². The van der Waals surface area contributed by atoms with Crippen LogP contribution in [0.2, 0.25) is 0 Å². The fraction of sp³-hybridized carbons (Fsp3) is 0.250. The molecular weight excluding hydrogens is 156 g/mol. The number of hydrogen-bond acceptors (Lipinski definition) is 4. The van der Waals surface area contributed by atoms with Crippen molar-refractivity contribution < 1.29 is 9.47 Å². The quantitative estimate of drug-likeness (QED) is 0.596. The molecule has 0 saturated heterocycles. The molecule has 12 heavy (non-hydrogen) atoms. The molecule has 0 aliphatic heterocycles. The summed E-state index contributed by atoms with van der Waals surface area (Å²) in [4.78, 5) is 7.74. The minimum atomic E-state index is 0.256. The van der Waals surface area contributed by atoms with Gasteiger partial charge in [-0.25, -0.2) is 0 Å². The van der Waals surface area contributed by atoms with Crippen LogP contribution in [0.3, 0.4) is 0 Å². The predicted molar refractivity (Wildman–Crippen MR) is 43.1 cm³/mol. The summed E-state index contributed by atoms with van der Waals surface area (Å²) in [7, 11) is 3.00. The van der Waals surface area contributed by atoms with Crippen LogP contribution in [0.5, 0.6) is 11.8 Å². The van der Waals surface area contributed by atoms with Crippen molar-refractivity contribution in [3.05, 3.63) is 11.9 Å². The van der Waals surface area contributed by atoms with Crippen molar-refractivity contribution in [3.63, 3.8) is 0 Å². The first kappa shape index (κ1) is 8.34. The SMILES string of the molecule is C#Cc1nc(OC)cc(OC)n1. The van der Waals surface area contributed by atoms with Crippen molar-refractivity contribution in [2.45, 2.75) is 0 Å². The van der Waals surface area contributed by atoms with Gasteiger partial charge in [0.25, 0.3) is 0 Å². The molecule has 0 fully saturated rings. The summed E-state index contributed by atoms with van der Waals surface area (Å²) >= 11 is 0. The van der Waals surface area contributed by atoms with E-state index in [2.05, 4.69) is 15.9 Å². The Morgan fingerprint density at radius 1 is 1.25 bits per heavy atom. The molecule has 0 unspecified atom stereocenters. The standard InChI is InChI=1S/C8H8N2O2/c1-4-6-9-7(11-2)5-8(10-6)12-3/h1,5H,2-3H3. The number of terminal acetylenes is 1. The second kappa shape index (κ2) is 3.58. The maximum atomic E-state index is 5.11. The van der Waals surface area contributed by atoms with E-state index < -0.39 is 0 Å². The first-order valence-corrected chi connectivity index (χ1v) is 3.24. The topological polar surface area (TPSA) is 44.2 Å². The van der Waals surface area contributed by atoms with Crippen LogP contribution in [0.25, 0.3) is 0 Å². The van der Waals surface area contributed by atoms with E-state index in [4.69, 9.17) is 15.9 Å². The molecule has 4 heteroatoms. The van der Waals surface area contributed by atoms with E-state index in [-0.39, 0.29) is 5.82 Å². The van der Waals surface area contributed by atoms with Crippen molar-refractivity contribution in [1.29, 1.82) is 0 Å². The average Bonchev–Trinajstić information content (AvgIpc) is 2.16. The maximum absolute atomic E-state index is 5.11. The van der Waals surface area contributed by atoms with Gasteiger partial charge in [0.15, 0.2) is 0 Å². The minimum absolute atomic E-state index is 0.256. The molecule has 0 aliphatic rings. The predicted octanol–water partition coefficient (Wildman–Crippen LogP) is 0.475. The normalized spacial score (nSPS) is 8.75. The molecule has 0 atom stereocenters. The van der Waals surface area contributed by atoms with Gasteiger partial charge in [0.1, 0.15) is 0 Å². The summed E-state index contributed by atoms with van der Waals surface area (Å²) in [6, 6.07) is 1.56. The van der Waals surface area contributed by atoms with Crippen LogP contribution in [-0.2, 0) is 0 Å². The fourth-order valence-electron chi connectivity index (χ4n) is 0.678. The zero-order chi connectivity index (χ0) is 8.97. The van der Waals surface area contributed by atoms with Gasteiger partial charge in [-0.2, -0.15) is 9.97 Å². The third kappa shape index (κ3) is 1.64. The molecule has 0 amide bonds. The lowest BCUT2D eigenvalue weighted by Crippen LogP contribution is -1.96. The van der Waals surface area contributed by atoms with Crippen LogP contribution in [-0.4, -0.2) is 24.2 Å². The van der Waals surface area contributed by atoms with Gasteiger partial charge in [-0.1, -0.05) is 0 Å². The van der Waals surface area contributed by atoms with E-state index in [9.17, 15) is 0 Å². The Bertz CT molecular complexity index is 295.